The first-order chi connectivity index (χ1) is 10.3. The van der Waals surface area contributed by atoms with Gasteiger partial charge in [0.05, 0.1) is 19.3 Å². The second-order valence-electron chi connectivity index (χ2n) is 6.15. The van der Waals surface area contributed by atoms with E-state index in [4.69, 9.17) is 10.5 Å². The Kier molecular flexibility index (Phi) is 4.56. The summed E-state index contributed by atoms with van der Waals surface area (Å²) in [6, 6.07) is 10.4. The van der Waals surface area contributed by atoms with Crippen LogP contribution in [0.5, 0.6) is 0 Å². The zero-order valence-corrected chi connectivity index (χ0v) is 12.4. The molecule has 1 aliphatic heterocycles. The van der Waals surface area contributed by atoms with Crippen molar-refractivity contribution in [1.29, 1.82) is 0 Å². The molecule has 1 aliphatic carbocycles. The van der Waals surface area contributed by atoms with Gasteiger partial charge in [0, 0.05) is 19.0 Å². The molecule has 0 aromatic heterocycles. The van der Waals surface area contributed by atoms with Crippen molar-refractivity contribution >= 4 is 5.91 Å². The van der Waals surface area contributed by atoms with Crippen LogP contribution < -0.4 is 5.73 Å². The average molecular weight is 288 g/mol. The average Bonchev–Trinajstić information content (AvgIpc) is 2.93. The van der Waals surface area contributed by atoms with Gasteiger partial charge in [-0.15, -0.1) is 0 Å². The van der Waals surface area contributed by atoms with Crippen LogP contribution in [-0.4, -0.2) is 36.6 Å². The van der Waals surface area contributed by atoms with E-state index in [1.54, 1.807) is 0 Å². The number of nitrogens with zero attached hydrogens (tertiary/aromatic N) is 1. The fourth-order valence-electron chi connectivity index (χ4n) is 3.51. The van der Waals surface area contributed by atoms with Crippen LogP contribution in [0, 0.1) is 5.92 Å². The third-order valence-corrected chi connectivity index (χ3v) is 4.79. The molecule has 1 unspecified atom stereocenters. The summed E-state index contributed by atoms with van der Waals surface area (Å²) in [6.07, 6.45) is 3.89. The normalized spacial score (nSPS) is 29.6. The molecule has 0 spiro atoms. The van der Waals surface area contributed by atoms with Crippen LogP contribution >= 0.6 is 0 Å². The predicted molar refractivity (Wildman–Crippen MR) is 81.6 cm³/mol. The van der Waals surface area contributed by atoms with E-state index in [9.17, 15) is 4.79 Å². The molecule has 0 radical (unpaired) electrons. The van der Waals surface area contributed by atoms with E-state index in [1.165, 1.54) is 0 Å². The van der Waals surface area contributed by atoms with E-state index in [1.807, 2.05) is 23.1 Å². The molecule has 1 saturated carbocycles. The highest BCUT2D eigenvalue weighted by Gasteiger charge is 2.32. The molecule has 1 aromatic rings. The van der Waals surface area contributed by atoms with Crippen LogP contribution in [0.15, 0.2) is 30.3 Å². The summed E-state index contributed by atoms with van der Waals surface area (Å²) in [6.45, 7) is 1.90. The number of nitrogens with two attached hydrogens (primary N) is 1. The predicted octanol–water partition coefficient (Wildman–Crippen LogP) is 2.10. The summed E-state index contributed by atoms with van der Waals surface area (Å²) in [5.41, 5.74) is 7.26. The number of morpholine rings is 1. The Balaban J connectivity index is 1.70. The summed E-state index contributed by atoms with van der Waals surface area (Å²) in [5.74, 6) is 0.589. The van der Waals surface area contributed by atoms with Gasteiger partial charge in [0.25, 0.3) is 0 Å². The number of ether oxygens (including phenoxy) is 1. The molecule has 3 atom stereocenters. The Bertz CT molecular complexity index is 477. The molecule has 3 rings (SSSR count). The van der Waals surface area contributed by atoms with Gasteiger partial charge in [-0.3, -0.25) is 4.79 Å². The Labute approximate surface area is 126 Å². The molecular weight excluding hydrogens is 264 g/mol. The van der Waals surface area contributed by atoms with Crippen LogP contribution in [-0.2, 0) is 9.53 Å². The Morgan fingerprint density at radius 3 is 2.81 bits per heavy atom. The molecule has 1 aromatic carbocycles. The van der Waals surface area contributed by atoms with E-state index in [-0.39, 0.29) is 18.0 Å². The van der Waals surface area contributed by atoms with Gasteiger partial charge < -0.3 is 15.4 Å². The van der Waals surface area contributed by atoms with Crippen LogP contribution in [0.3, 0.4) is 0 Å². The molecule has 1 heterocycles. The van der Waals surface area contributed by atoms with Crippen molar-refractivity contribution in [2.45, 2.75) is 37.8 Å². The molecule has 4 nitrogen and oxygen atoms in total. The standard InChI is InChI=1S/C17H24N2O2/c18-15-8-4-7-14(15)11-17(20)19-9-10-21-12-16(19)13-5-2-1-3-6-13/h1-3,5-6,14-16H,4,7-12,18H2/t14-,15+,16?/m0/s1. The van der Waals surface area contributed by atoms with Crippen LogP contribution in [0.1, 0.15) is 37.3 Å². The van der Waals surface area contributed by atoms with Gasteiger partial charge in [0.2, 0.25) is 5.91 Å². The van der Waals surface area contributed by atoms with E-state index < -0.39 is 0 Å². The first-order valence-corrected chi connectivity index (χ1v) is 7.93. The lowest BCUT2D eigenvalue weighted by atomic mass is 9.97. The number of benzene rings is 1. The lowest BCUT2D eigenvalue weighted by Crippen LogP contribution is -2.44. The van der Waals surface area contributed by atoms with Crippen molar-refractivity contribution in [3.05, 3.63) is 35.9 Å². The van der Waals surface area contributed by atoms with Crippen LogP contribution in [0.25, 0.3) is 0 Å². The first-order valence-electron chi connectivity index (χ1n) is 7.93. The van der Waals surface area contributed by atoms with Gasteiger partial charge in [-0.05, 0) is 24.3 Å². The van der Waals surface area contributed by atoms with Crippen molar-refractivity contribution in [3.8, 4) is 0 Å². The van der Waals surface area contributed by atoms with Gasteiger partial charge in [-0.1, -0.05) is 36.8 Å². The van der Waals surface area contributed by atoms with Crippen LogP contribution in [0.2, 0.25) is 0 Å². The minimum absolute atomic E-state index is 0.0464. The fourth-order valence-corrected chi connectivity index (χ4v) is 3.51. The maximum Gasteiger partial charge on any atom is 0.223 e. The monoisotopic (exact) mass is 288 g/mol. The topological polar surface area (TPSA) is 55.6 Å². The number of amides is 1. The number of carbonyl (C=O) groups is 1. The first kappa shape index (κ1) is 14.5. The summed E-state index contributed by atoms with van der Waals surface area (Å²) < 4.78 is 5.59. The quantitative estimate of drug-likeness (QED) is 0.926. The molecule has 4 heteroatoms. The van der Waals surface area contributed by atoms with Crippen molar-refractivity contribution in [2.75, 3.05) is 19.8 Å². The number of rotatable bonds is 3. The third kappa shape index (κ3) is 3.27. The Hall–Kier alpha value is -1.39. The van der Waals surface area contributed by atoms with Gasteiger partial charge >= 0.3 is 0 Å². The van der Waals surface area contributed by atoms with Crippen molar-refractivity contribution in [2.24, 2.45) is 11.7 Å². The SMILES string of the molecule is N[C@@H]1CCC[C@H]1CC(=O)N1CCOCC1c1ccccc1. The van der Waals surface area contributed by atoms with E-state index in [2.05, 4.69) is 12.1 Å². The van der Waals surface area contributed by atoms with Crippen LogP contribution in [0.4, 0.5) is 0 Å². The second kappa shape index (κ2) is 6.58. The summed E-state index contributed by atoms with van der Waals surface area (Å²) >= 11 is 0. The summed E-state index contributed by atoms with van der Waals surface area (Å²) in [7, 11) is 0. The molecule has 0 bridgehead atoms. The van der Waals surface area contributed by atoms with Crippen molar-refractivity contribution in [1.82, 2.24) is 4.90 Å². The lowest BCUT2D eigenvalue weighted by Gasteiger charge is -2.36. The smallest absolute Gasteiger partial charge is 0.223 e. The highest BCUT2D eigenvalue weighted by atomic mass is 16.5. The minimum atomic E-state index is 0.0464. The fraction of sp³-hybridized carbons (Fsp3) is 0.588. The van der Waals surface area contributed by atoms with E-state index >= 15 is 0 Å². The van der Waals surface area contributed by atoms with E-state index in [0.29, 0.717) is 32.1 Å². The van der Waals surface area contributed by atoms with Gasteiger partial charge in [-0.25, -0.2) is 0 Å². The molecule has 21 heavy (non-hydrogen) atoms. The van der Waals surface area contributed by atoms with Gasteiger partial charge in [0.15, 0.2) is 0 Å². The number of hydrogen-bond acceptors (Lipinski definition) is 3. The maximum atomic E-state index is 12.7. The largest absolute Gasteiger partial charge is 0.377 e. The number of hydrogen-bond donors (Lipinski definition) is 1. The zero-order valence-electron chi connectivity index (χ0n) is 12.4. The zero-order chi connectivity index (χ0) is 14.7. The molecular formula is C17H24N2O2. The maximum absolute atomic E-state index is 12.7. The molecule has 1 amide bonds. The lowest BCUT2D eigenvalue weighted by molar-refractivity contribution is -0.141. The van der Waals surface area contributed by atoms with Gasteiger partial charge in [0.1, 0.15) is 0 Å². The molecule has 1 saturated heterocycles. The minimum Gasteiger partial charge on any atom is -0.377 e. The Morgan fingerprint density at radius 1 is 1.29 bits per heavy atom. The van der Waals surface area contributed by atoms with Crippen molar-refractivity contribution in [3.63, 3.8) is 0 Å². The number of carbonyl (C=O) groups excluding carboxylic acids is 1. The second-order valence-corrected chi connectivity index (χ2v) is 6.15. The highest BCUT2D eigenvalue weighted by molar-refractivity contribution is 5.77. The van der Waals surface area contributed by atoms with E-state index in [0.717, 1.165) is 24.8 Å². The highest BCUT2D eigenvalue weighted by Crippen LogP contribution is 2.30. The van der Waals surface area contributed by atoms with Gasteiger partial charge in [-0.2, -0.15) is 0 Å². The molecule has 114 valence electrons. The third-order valence-electron chi connectivity index (χ3n) is 4.79. The Morgan fingerprint density at radius 2 is 2.10 bits per heavy atom. The van der Waals surface area contributed by atoms with Crippen molar-refractivity contribution < 1.29 is 9.53 Å². The summed E-state index contributed by atoms with van der Waals surface area (Å²) in [5, 5.41) is 0. The summed E-state index contributed by atoms with van der Waals surface area (Å²) in [4.78, 5) is 14.7. The molecule has 2 aliphatic rings. The molecule has 2 N–H and O–H groups in total. The molecule has 2 fully saturated rings.